The Hall–Kier alpha value is -1.63. The average Bonchev–Trinajstić information content (AvgIpc) is 2.04. The molecule has 0 unspecified atom stereocenters. The first-order chi connectivity index (χ1) is 5.74. The summed E-state index contributed by atoms with van der Waals surface area (Å²) in [5, 5.41) is 8.44. The van der Waals surface area contributed by atoms with Crippen LogP contribution in [-0.4, -0.2) is 6.61 Å². The van der Waals surface area contributed by atoms with Crippen molar-refractivity contribution in [1.82, 2.24) is 0 Å². The maximum atomic E-state index is 11.7. The van der Waals surface area contributed by atoms with E-state index >= 15 is 0 Å². The Morgan fingerprint density at radius 1 is 1.58 bits per heavy atom. The Bertz CT molecular complexity index is 306. The van der Waals surface area contributed by atoms with Crippen molar-refractivity contribution in [2.24, 2.45) is 0 Å². The van der Waals surface area contributed by atoms with Crippen LogP contribution in [0.1, 0.15) is 5.56 Å². The molecular weight excluding hydrogens is 164 g/mol. The van der Waals surface area contributed by atoms with Crippen LogP contribution in [0.25, 0.3) is 0 Å². The van der Waals surface area contributed by atoms with E-state index in [-0.39, 0.29) is 11.3 Å². The summed E-state index contributed by atoms with van der Waals surface area (Å²) in [5.41, 5.74) is 0.0778. The minimum absolute atomic E-state index is 0.0778. The van der Waals surface area contributed by atoms with E-state index in [2.05, 4.69) is 10.8 Å². The van der Waals surface area contributed by atoms with Crippen LogP contribution in [0.2, 0.25) is 0 Å². The van der Waals surface area contributed by atoms with E-state index in [1.54, 1.807) is 6.07 Å². The number of benzene rings is 1. The molecule has 0 aliphatic carbocycles. The molecule has 1 radical (unpaired) electrons. The zero-order valence-electron chi connectivity index (χ0n) is 5.92. The van der Waals surface area contributed by atoms with E-state index in [0.717, 1.165) is 0 Å². The summed E-state index contributed by atoms with van der Waals surface area (Å²) in [5.74, 6) is -0.144. The summed E-state index contributed by atoms with van der Waals surface area (Å²) in [6, 6.07) is 8.27. The van der Waals surface area contributed by atoms with E-state index in [0.29, 0.717) is 0 Å². The van der Waals surface area contributed by atoms with Crippen molar-refractivity contribution in [3.63, 3.8) is 0 Å². The second kappa shape index (κ2) is 3.67. The van der Waals surface area contributed by atoms with Gasteiger partial charge in [-0.1, -0.05) is 6.07 Å². The molecule has 0 fully saturated rings. The van der Waals surface area contributed by atoms with Gasteiger partial charge in [-0.3, -0.25) is 0 Å². The van der Waals surface area contributed by atoms with Gasteiger partial charge in [0.25, 0.3) is 0 Å². The maximum absolute atomic E-state index is 11.7. The Morgan fingerprint density at radius 2 is 2.33 bits per heavy atom. The minimum atomic E-state index is -2.91. The first-order valence-corrected chi connectivity index (χ1v) is 3.09. The van der Waals surface area contributed by atoms with Crippen LogP contribution in [0.4, 0.5) is 8.78 Å². The molecule has 0 aromatic heterocycles. The van der Waals surface area contributed by atoms with Gasteiger partial charge < -0.3 is 4.74 Å². The lowest BCUT2D eigenvalue weighted by molar-refractivity contribution is -0.0500. The molecule has 0 saturated heterocycles. The molecule has 0 bridgehead atoms. The molecule has 1 aromatic carbocycles. The van der Waals surface area contributed by atoms with Gasteiger partial charge in [0.05, 0.1) is 5.56 Å². The average molecular weight is 168 g/mol. The van der Waals surface area contributed by atoms with Crippen molar-refractivity contribution < 1.29 is 13.5 Å². The van der Waals surface area contributed by atoms with Gasteiger partial charge in [0, 0.05) is 0 Å². The maximum Gasteiger partial charge on any atom is 0.387 e. The Labute approximate surface area is 68.0 Å². The van der Waals surface area contributed by atoms with E-state index in [1.165, 1.54) is 18.2 Å². The predicted octanol–water partition coefficient (Wildman–Crippen LogP) is 1.96. The lowest BCUT2D eigenvalue weighted by Crippen LogP contribution is -2.03. The van der Waals surface area contributed by atoms with Crippen molar-refractivity contribution in [3.8, 4) is 11.8 Å². The van der Waals surface area contributed by atoms with Crippen molar-refractivity contribution in [1.29, 1.82) is 5.26 Å². The molecule has 0 aliphatic rings. The predicted molar refractivity (Wildman–Crippen MR) is 36.6 cm³/mol. The van der Waals surface area contributed by atoms with E-state index < -0.39 is 6.61 Å². The van der Waals surface area contributed by atoms with Crippen molar-refractivity contribution >= 4 is 0 Å². The smallest absolute Gasteiger partial charge is 0.387 e. The number of nitriles is 1. The van der Waals surface area contributed by atoms with Crippen molar-refractivity contribution in [3.05, 3.63) is 29.8 Å². The number of halogens is 2. The van der Waals surface area contributed by atoms with Crippen LogP contribution < -0.4 is 4.74 Å². The molecule has 12 heavy (non-hydrogen) atoms. The number of nitrogens with zero attached hydrogens (tertiary/aromatic N) is 1. The van der Waals surface area contributed by atoms with Gasteiger partial charge in [-0.15, -0.1) is 0 Å². The third-order valence-electron chi connectivity index (χ3n) is 1.16. The van der Waals surface area contributed by atoms with Crippen LogP contribution in [0.5, 0.6) is 5.75 Å². The minimum Gasteiger partial charge on any atom is -0.433 e. The Morgan fingerprint density at radius 3 is 2.92 bits per heavy atom. The van der Waals surface area contributed by atoms with E-state index in [9.17, 15) is 8.78 Å². The quantitative estimate of drug-likeness (QED) is 0.676. The number of rotatable bonds is 2. The second-order valence-corrected chi connectivity index (χ2v) is 1.91. The van der Waals surface area contributed by atoms with Gasteiger partial charge in [0.15, 0.2) is 0 Å². The largest absolute Gasteiger partial charge is 0.433 e. The highest BCUT2D eigenvalue weighted by Crippen LogP contribution is 2.18. The SMILES string of the molecule is N#Cc1cc[c]cc1OC(F)F. The topological polar surface area (TPSA) is 33.0 Å². The lowest BCUT2D eigenvalue weighted by atomic mass is 10.2. The highest BCUT2D eigenvalue weighted by molar-refractivity contribution is 5.42. The molecule has 0 aliphatic heterocycles. The van der Waals surface area contributed by atoms with Crippen molar-refractivity contribution in [2.75, 3.05) is 0 Å². The van der Waals surface area contributed by atoms with E-state index in [1.807, 2.05) is 0 Å². The third-order valence-corrected chi connectivity index (χ3v) is 1.16. The standard InChI is InChI=1S/C8H4F2NO/c9-8(10)12-7-4-2-1-3-6(7)5-11/h1,3-4,8H. The number of hydrogen-bond acceptors (Lipinski definition) is 2. The molecule has 0 atom stereocenters. The fraction of sp³-hybridized carbons (Fsp3) is 0.125. The van der Waals surface area contributed by atoms with E-state index in [4.69, 9.17) is 5.26 Å². The molecule has 1 rings (SSSR count). The van der Waals surface area contributed by atoms with Gasteiger partial charge in [0.2, 0.25) is 0 Å². The van der Waals surface area contributed by atoms with Gasteiger partial charge in [0.1, 0.15) is 11.8 Å². The van der Waals surface area contributed by atoms with Crippen LogP contribution in [0.3, 0.4) is 0 Å². The highest BCUT2D eigenvalue weighted by Gasteiger charge is 2.07. The molecule has 0 heterocycles. The number of ether oxygens (including phenoxy) is 1. The van der Waals surface area contributed by atoms with Crippen molar-refractivity contribution in [2.45, 2.75) is 6.61 Å². The highest BCUT2D eigenvalue weighted by atomic mass is 19.3. The Balaban J connectivity index is 2.91. The number of alkyl halides is 2. The fourth-order valence-electron chi connectivity index (χ4n) is 0.701. The summed E-state index contributed by atoms with van der Waals surface area (Å²) in [6.07, 6.45) is 0. The normalized spacial score (nSPS) is 9.50. The second-order valence-electron chi connectivity index (χ2n) is 1.91. The zero-order chi connectivity index (χ0) is 8.97. The monoisotopic (exact) mass is 168 g/mol. The summed E-state index contributed by atoms with van der Waals surface area (Å²) in [6.45, 7) is -2.91. The molecule has 0 amide bonds. The number of hydrogen-bond donors (Lipinski definition) is 0. The van der Waals surface area contributed by atoms with Crippen LogP contribution in [0.15, 0.2) is 18.2 Å². The zero-order valence-corrected chi connectivity index (χ0v) is 5.92. The van der Waals surface area contributed by atoms with Gasteiger partial charge in [-0.2, -0.15) is 14.0 Å². The summed E-state index contributed by atoms with van der Waals surface area (Å²) >= 11 is 0. The molecule has 0 N–H and O–H groups in total. The fourth-order valence-corrected chi connectivity index (χ4v) is 0.701. The summed E-state index contributed by atoms with van der Waals surface area (Å²) in [4.78, 5) is 0. The molecular formula is C8H4F2NO. The molecule has 1 aromatic rings. The van der Waals surface area contributed by atoms with Crippen LogP contribution in [-0.2, 0) is 0 Å². The Kier molecular flexibility index (Phi) is 2.59. The van der Waals surface area contributed by atoms with Gasteiger partial charge in [-0.25, -0.2) is 0 Å². The van der Waals surface area contributed by atoms with Crippen LogP contribution >= 0.6 is 0 Å². The third kappa shape index (κ3) is 1.92. The molecule has 0 saturated carbocycles. The summed E-state index contributed by atoms with van der Waals surface area (Å²) in [7, 11) is 0. The lowest BCUT2D eigenvalue weighted by Gasteiger charge is -2.04. The molecule has 4 heteroatoms. The van der Waals surface area contributed by atoms with Gasteiger partial charge in [-0.05, 0) is 18.2 Å². The first-order valence-electron chi connectivity index (χ1n) is 3.09. The van der Waals surface area contributed by atoms with Gasteiger partial charge >= 0.3 is 6.61 Å². The van der Waals surface area contributed by atoms with Crippen LogP contribution in [0, 0.1) is 17.4 Å². The molecule has 0 spiro atoms. The summed E-state index contributed by atoms with van der Waals surface area (Å²) < 4.78 is 27.4. The molecule has 61 valence electrons. The first kappa shape index (κ1) is 8.47. The molecule has 2 nitrogen and oxygen atoms in total.